The Morgan fingerprint density at radius 1 is 0.850 bits per heavy atom. The van der Waals surface area contributed by atoms with E-state index in [2.05, 4.69) is 69.8 Å². The summed E-state index contributed by atoms with van der Waals surface area (Å²) in [6.45, 7) is 1.62. The van der Waals surface area contributed by atoms with E-state index in [9.17, 15) is 0 Å². The fraction of sp³-hybridized carbons (Fsp3) is 0.308. The molecule has 5 aromatic heterocycles. The molecule has 5 heterocycles. The second-order valence-corrected chi connectivity index (χ2v) is 9.88. The average Bonchev–Trinajstić information content (AvgIpc) is 3.74. The van der Waals surface area contributed by atoms with Gasteiger partial charge in [-0.15, -0.1) is 42.3 Å². The summed E-state index contributed by atoms with van der Waals surface area (Å²) in [6.07, 6.45) is 15.8. The van der Waals surface area contributed by atoms with Gasteiger partial charge in [-0.25, -0.2) is 9.97 Å². The molecule has 0 atom stereocenters. The van der Waals surface area contributed by atoms with E-state index in [1.807, 2.05) is 10.9 Å². The molecule has 14 heteroatoms. The largest absolute Gasteiger partial charge is 0.369 e. The molecule has 0 saturated carbocycles. The Morgan fingerprint density at radius 2 is 1.45 bits per heavy atom. The summed E-state index contributed by atoms with van der Waals surface area (Å²) in [5.41, 5.74) is 21.9. The molecule has 40 heavy (non-hydrogen) atoms. The number of thiophene rings is 2. The molecule has 216 valence electrons. The summed E-state index contributed by atoms with van der Waals surface area (Å²) in [5, 5.41) is 16.8. The quantitative estimate of drug-likeness (QED) is 0.145. The number of aromatic amines is 2. The first-order valence-electron chi connectivity index (χ1n) is 12.2. The summed E-state index contributed by atoms with van der Waals surface area (Å²) in [4.78, 5) is 13.7. The Labute approximate surface area is 255 Å². The number of aryl methyl sites for hydroxylation is 5. The van der Waals surface area contributed by atoms with Gasteiger partial charge < -0.3 is 27.2 Å². The third kappa shape index (κ3) is 13.1. The van der Waals surface area contributed by atoms with Crippen LogP contribution in [0.25, 0.3) is 0 Å². The fourth-order valence-electron chi connectivity index (χ4n) is 3.32. The van der Waals surface area contributed by atoms with Gasteiger partial charge in [-0.2, -0.15) is 22.7 Å². The highest BCUT2D eigenvalue weighted by atomic mass is 35.5. The van der Waals surface area contributed by atoms with Gasteiger partial charge in [-0.3, -0.25) is 4.68 Å². The fourth-order valence-corrected chi connectivity index (χ4v) is 4.73. The lowest BCUT2D eigenvalue weighted by atomic mass is 10.2. The van der Waals surface area contributed by atoms with Gasteiger partial charge >= 0.3 is 0 Å². The van der Waals surface area contributed by atoms with E-state index in [-0.39, 0.29) is 24.8 Å². The first kappa shape index (κ1) is 34.7. The van der Waals surface area contributed by atoms with Gasteiger partial charge in [-0.05, 0) is 77.0 Å². The van der Waals surface area contributed by atoms with Crippen molar-refractivity contribution in [1.82, 2.24) is 34.9 Å². The molecule has 0 bridgehead atoms. The van der Waals surface area contributed by atoms with Gasteiger partial charge in [0, 0.05) is 37.0 Å². The van der Waals surface area contributed by atoms with Crippen LogP contribution in [0, 0.1) is 12.3 Å². The van der Waals surface area contributed by atoms with Gasteiger partial charge in [0.1, 0.15) is 0 Å². The Balaban J connectivity index is 0.000000337. The second-order valence-electron chi connectivity index (χ2n) is 8.32. The van der Waals surface area contributed by atoms with Crippen LogP contribution in [0.15, 0.2) is 52.2 Å². The SMILES string of the molecule is C#CCCc1cnc(N)[nH]1.Cl.Cl.NCCc1ccsc1.Nc1ncc(CCc2cn(CCc3ccsc3)nn2)[nH]1. The van der Waals surface area contributed by atoms with Crippen molar-refractivity contribution in [3.05, 3.63) is 80.5 Å². The lowest BCUT2D eigenvalue weighted by Gasteiger charge is -1.97. The molecule has 5 rings (SSSR count). The molecule has 0 radical (unpaired) electrons. The number of hydrogen-bond acceptors (Lipinski definition) is 9. The predicted octanol–water partition coefficient (Wildman–Crippen LogP) is 4.32. The monoisotopic (exact) mass is 622 g/mol. The number of nitrogen functional groups attached to an aromatic ring is 2. The van der Waals surface area contributed by atoms with Crippen molar-refractivity contribution in [1.29, 1.82) is 0 Å². The number of hydrogen-bond donors (Lipinski definition) is 5. The molecular weight excluding hydrogens is 587 g/mol. The number of H-pyrrole nitrogens is 2. The summed E-state index contributed by atoms with van der Waals surface area (Å²) >= 11 is 3.45. The zero-order valence-corrected chi connectivity index (χ0v) is 25.3. The minimum Gasteiger partial charge on any atom is -0.369 e. The molecule has 0 aliphatic rings. The number of nitrogens with zero attached hydrogens (tertiary/aromatic N) is 5. The molecule has 0 aliphatic heterocycles. The number of anilines is 2. The Bertz CT molecular complexity index is 1340. The van der Waals surface area contributed by atoms with Crippen LogP contribution in [0.5, 0.6) is 0 Å². The highest BCUT2D eigenvalue weighted by molar-refractivity contribution is 7.08. The topological polar surface area (TPSA) is 166 Å². The molecule has 5 aromatic rings. The number of terminal acetylenes is 1. The molecule has 0 spiro atoms. The van der Waals surface area contributed by atoms with Crippen molar-refractivity contribution in [2.45, 2.75) is 45.1 Å². The standard InChI is InChI=1S/C13H16N6S.C7H9N3.C6H9NS.2ClH/c14-13-15-7-11(16-13)1-2-12-8-19(18-17-12)5-3-10-4-6-20-9-10;1-2-3-4-6-5-9-7(8)10-6;7-3-1-6-2-4-8-5-6;;/h4,6-9H,1-3,5H2,(H3,14,15,16);1,5H,3-4H2,(H3,8,9,10);2,4-5H,1,3,7H2;2*1H. The maximum atomic E-state index is 5.54. The van der Waals surface area contributed by atoms with E-state index < -0.39 is 0 Å². The number of imidazole rings is 2. The Hall–Kier alpha value is -3.34. The molecule has 0 saturated heterocycles. The minimum atomic E-state index is 0. The van der Waals surface area contributed by atoms with Gasteiger partial charge in [0.25, 0.3) is 0 Å². The van der Waals surface area contributed by atoms with Crippen molar-refractivity contribution in [3.8, 4) is 12.3 Å². The first-order chi connectivity index (χ1) is 18.6. The number of nitrogens with one attached hydrogen (secondary N) is 2. The molecule has 0 amide bonds. The van der Waals surface area contributed by atoms with E-state index in [1.165, 1.54) is 11.1 Å². The van der Waals surface area contributed by atoms with Crippen LogP contribution < -0.4 is 17.2 Å². The van der Waals surface area contributed by atoms with E-state index in [0.29, 0.717) is 11.9 Å². The van der Waals surface area contributed by atoms with E-state index in [0.717, 1.165) is 68.7 Å². The summed E-state index contributed by atoms with van der Waals surface area (Å²) < 4.78 is 1.90. The molecule has 0 aromatic carbocycles. The Morgan fingerprint density at radius 3 is 1.95 bits per heavy atom. The molecular formula is C26H36Cl2N10S2. The molecule has 0 fully saturated rings. The predicted molar refractivity (Wildman–Crippen MR) is 170 cm³/mol. The molecule has 8 N–H and O–H groups in total. The van der Waals surface area contributed by atoms with Gasteiger partial charge in [0.2, 0.25) is 0 Å². The third-order valence-corrected chi connectivity index (χ3v) is 6.76. The lowest BCUT2D eigenvalue weighted by Crippen LogP contribution is -2.01. The minimum absolute atomic E-state index is 0. The zero-order valence-electron chi connectivity index (χ0n) is 22.0. The van der Waals surface area contributed by atoms with Crippen molar-refractivity contribution in [2.24, 2.45) is 5.73 Å². The first-order valence-corrected chi connectivity index (χ1v) is 14.1. The van der Waals surface area contributed by atoms with Crippen LogP contribution in [-0.2, 0) is 38.6 Å². The summed E-state index contributed by atoms with van der Waals surface area (Å²) in [7, 11) is 0. The smallest absolute Gasteiger partial charge is 0.197 e. The Kier molecular flexibility index (Phi) is 17.1. The molecule has 10 nitrogen and oxygen atoms in total. The highest BCUT2D eigenvalue weighted by Crippen LogP contribution is 2.09. The van der Waals surface area contributed by atoms with Gasteiger partial charge in [0.05, 0.1) is 18.1 Å². The molecule has 0 aliphatic carbocycles. The number of halogens is 2. The van der Waals surface area contributed by atoms with Crippen LogP contribution in [0.4, 0.5) is 11.9 Å². The van der Waals surface area contributed by atoms with E-state index >= 15 is 0 Å². The normalized spacial score (nSPS) is 9.70. The summed E-state index contributed by atoms with van der Waals surface area (Å²) in [5.74, 6) is 3.45. The van der Waals surface area contributed by atoms with Crippen molar-refractivity contribution in [2.75, 3.05) is 18.0 Å². The van der Waals surface area contributed by atoms with Crippen LogP contribution >= 0.6 is 47.5 Å². The summed E-state index contributed by atoms with van der Waals surface area (Å²) in [6, 6.07) is 4.25. The van der Waals surface area contributed by atoms with Crippen LogP contribution in [0.3, 0.4) is 0 Å². The zero-order chi connectivity index (χ0) is 27.0. The van der Waals surface area contributed by atoms with Crippen LogP contribution in [0.1, 0.15) is 34.6 Å². The average molecular weight is 624 g/mol. The van der Waals surface area contributed by atoms with Gasteiger partial charge in [-0.1, -0.05) is 5.21 Å². The second kappa shape index (κ2) is 19.7. The maximum Gasteiger partial charge on any atom is 0.197 e. The maximum absolute atomic E-state index is 5.54. The van der Waals surface area contributed by atoms with E-state index in [1.54, 1.807) is 35.1 Å². The van der Waals surface area contributed by atoms with E-state index in [4.69, 9.17) is 23.6 Å². The number of aromatic nitrogens is 7. The number of rotatable bonds is 10. The van der Waals surface area contributed by atoms with Crippen molar-refractivity contribution >= 4 is 59.4 Å². The van der Waals surface area contributed by atoms with Gasteiger partial charge in [0.15, 0.2) is 11.9 Å². The van der Waals surface area contributed by atoms with Crippen LogP contribution in [0.2, 0.25) is 0 Å². The highest BCUT2D eigenvalue weighted by Gasteiger charge is 2.04. The van der Waals surface area contributed by atoms with Crippen LogP contribution in [-0.4, -0.2) is 41.5 Å². The molecule has 0 unspecified atom stereocenters. The van der Waals surface area contributed by atoms with Crippen molar-refractivity contribution in [3.63, 3.8) is 0 Å². The third-order valence-electron chi connectivity index (χ3n) is 5.29. The van der Waals surface area contributed by atoms with Crippen molar-refractivity contribution < 1.29 is 0 Å². The number of nitrogens with two attached hydrogens (primary N) is 3. The lowest BCUT2D eigenvalue weighted by molar-refractivity contribution is 0.589.